The van der Waals surface area contributed by atoms with Crippen molar-refractivity contribution in [2.45, 2.75) is 19.5 Å². The van der Waals surface area contributed by atoms with E-state index in [1.807, 2.05) is 43.3 Å². The molecule has 0 aliphatic carbocycles. The topological polar surface area (TPSA) is 71.7 Å². The molecule has 0 N–H and O–H groups in total. The highest BCUT2D eigenvalue weighted by molar-refractivity contribution is 6.30. The molecule has 0 radical (unpaired) electrons. The zero-order chi connectivity index (χ0) is 21.8. The van der Waals surface area contributed by atoms with Crippen LogP contribution in [-0.2, 0) is 16.1 Å². The Morgan fingerprint density at radius 3 is 2.39 bits per heavy atom. The first-order valence-corrected chi connectivity index (χ1v) is 10.6. The highest BCUT2D eigenvalue weighted by atomic mass is 35.5. The molecule has 31 heavy (non-hydrogen) atoms. The lowest BCUT2D eigenvalue weighted by molar-refractivity contribution is -0.148. The van der Waals surface area contributed by atoms with Crippen LogP contribution < -0.4 is 0 Å². The molecule has 1 aliphatic heterocycles. The van der Waals surface area contributed by atoms with Crippen molar-refractivity contribution in [3.8, 4) is 11.5 Å². The van der Waals surface area contributed by atoms with Gasteiger partial charge in [0.2, 0.25) is 11.8 Å². The van der Waals surface area contributed by atoms with Crippen LogP contribution in [0.3, 0.4) is 0 Å². The van der Waals surface area contributed by atoms with Gasteiger partial charge >= 0.3 is 5.97 Å². The molecule has 2 heterocycles. The number of methoxy groups -OCH3 is 1. The van der Waals surface area contributed by atoms with Gasteiger partial charge in [0.15, 0.2) is 0 Å². The number of carbonyl (C=O) groups excluding carboxylic acids is 1. The van der Waals surface area contributed by atoms with Gasteiger partial charge in [-0.2, -0.15) is 0 Å². The highest BCUT2D eigenvalue weighted by Gasteiger charge is 2.31. The van der Waals surface area contributed by atoms with Crippen molar-refractivity contribution in [1.29, 1.82) is 0 Å². The standard InChI is InChI=1S/C23H25ClN4O3/c1-16-3-5-18(6-4-16)22-26-25-20(31-22)15-27-11-13-28(14-12-27)21(23(29)30-2)17-7-9-19(24)10-8-17/h3-10,21H,11-15H2,1-2H3. The van der Waals surface area contributed by atoms with E-state index in [0.717, 1.165) is 37.3 Å². The molecular formula is C23H25ClN4O3. The van der Waals surface area contributed by atoms with Gasteiger partial charge in [-0.1, -0.05) is 41.4 Å². The van der Waals surface area contributed by atoms with Gasteiger partial charge in [0, 0.05) is 36.8 Å². The fraction of sp³-hybridized carbons (Fsp3) is 0.348. The zero-order valence-corrected chi connectivity index (χ0v) is 18.4. The molecule has 162 valence electrons. The molecule has 8 heteroatoms. The van der Waals surface area contributed by atoms with Crippen LogP contribution in [0, 0.1) is 6.92 Å². The van der Waals surface area contributed by atoms with Crippen LogP contribution in [0.25, 0.3) is 11.5 Å². The second-order valence-corrected chi connectivity index (χ2v) is 8.09. The number of hydrogen-bond acceptors (Lipinski definition) is 7. The highest BCUT2D eigenvalue weighted by Crippen LogP contribution is 2.26. The Labute approximate surface area is 186 Å². The second kappa shape index (κ2) is 9.60. The summed E-state index contributed by atoms with van der Waals surface area (Å²) >= 11 is 6.00. The second-order valence-electron chi connectivity index (χ2n) is 7.66. The SMILES string of the molecule is COC(=O)C(c1ccc(Cl)cc1)N1CCN(Cc2nnc(-c3ccc(C)cc3)o2)CC1. The first kappa shape index (κ1) is 21.5. The maximum atomic E-state index is 12.5. The van der Waals surface area contributed by atoms with Gasteiger partial charge in [-0.3, -0.25) is 9.80 Å². The van der Waals surface area contributed by atoms with Crippen molar-refractivity contribution in [2.24, 2.45) is 0 Å². The van der Waals surface area contributed by atoms with Crippen LogP contribution in [0.15, 0.2) is 52.9 Å². The number of rotatable bonds is 6. The number of esters is 1. The van der Waals surface area contributed by atoms with E-state index in [-0.39, 0.29) is 5.97 Å². The van der Waals surface area contributed by atoms with E-state index in [2.05, 4.69) is 20.0 Å². The van der Waals surface area contributed by atoms with Crippen LogP contribution in [-0.4, -0.2) is 59.3 Å². The lowest BCUT2D eigenvalue weighted by Gasteiger charge is -2.37. The summed E-state index contributed by atoms with van der Waals surface area (Å²) in [7, 11) is 1.42. The van der Waals surface area contributed by atoms with Gasteiger partial charge in [0.05, 0.1) is 13.7 Å². The molecule has 1 aliphatic rings. The van der Waals surface area contributed by atoms with Crippen molar-refractivity contribution >= 4 is 17.6 Å². The molecule has 1 unspecified atom stereocenters. The number of aryl methyl sites for hydroxylation is 1. The minimum absolute atomic E-state index is 0.268. The third kappa shape index (κ3) is 5.12. The third-order valence-corrected chi connectivity index (χ3v) is 5.76. The summed E-state index contributed by atoms with van der Waals surface area (Å²) in [5, 5.41) is 9.02. The van der Waals surface area contributed by atoms with Crippen molar-refractivity contribution in [3.63, 3.8) is 0 Å². The Bertz CT molecular complexity index is 1010. The van der Waals surface area contributed by atoms with Crippen molar-refractivity contribution in [2.75, 3.05) is 33.3 Å². The lowest BCUT2D eigenvalue weighted by Crippen LogP contribution is -2.49. The Kier molecular flexibility index (Phi) is 6.65. The molecule has 7 nitrogen and oxygen atoms in total. The fourth-order valence-corrected chi connectivity index (χ4v) is 3.88. The maximum absolute atomic E-state index is 12.5. The fourth-order valence-electron chi connectivity index (χ4n) is 3.75. The van der Waals surface area contributed by atoms with Gasteiger partial charge in [-0.25, -0.2) is 4.79 Å². The predicted octanol–water partition coefficient (Wildman–Crippen LogP) is 3.73. The van der Waals surface area contributed by atoms with E-state index in [0.29, 0.717) is 23.3 Å². The molecule has 1 aromatic heterocycles. The summed E-state index contributed by atoms with van der Waals surface area (Å²) < 4.78 is 10.9. The summed E-state index contributed by atoms with van der Waals surface area (Å²) in [6, 6.07) is 14.9. The zero-order valence-electron chi connectivity index (χ0n) is 17.6. The van der Waals surface area contributed by atoms with Gasteiger partial charge in [0.1, 0.15) is 6.04 Å². The predicted molar refractivity (Wildman–Crippen MR) is 118 cm³/mol. The van der Waals surface area contributed by atoms with E-state index in [1.54, 1.807) is 12.1 Å². The Hall–Kier alpha value is -2.74. The van der Waals surface area contributed by atoms with E-state index < -0.39 is 6.04 Å². The number of piperazine rings is 1. The molecule has 1 saturated heterocycles. The smallest absolute Gasteiger partial charge is 0.327 e. The van der Waals surface area contributed by atoms with E-state index in [9.17, 15) is 4.79 Å². The molecule has 1 fully saturated rings. The van der Waals surface area contributed by atoms with Gasteiger partial charge in [-0.15, -0.1) is 10.2 Å². The Balaban J connectivity index is 1.38. The molecule has 0 bridgehead atoms. The first-order valence-electron chi connectivity index (χ1n) is 10.2. The van der Waals surface area contributed by atoms with Gasteiger partial charge < -0.3 is 9.15 Å². The summed E-state index contributed by atoms with van der Waals surface area (Å²) in [4.78, 5) is 16.9. The molecule has 0 spiro atoms. The quantitative estimate of drug-likeness (QED) is 0.541. The average Bonchev–Trinajstić information content (AvgIpc) is 3.25. The first-order chi connectivity index (χ1) is 15.0. The molecule has 2 aromatic carbocycles. The normalized spacial score (nSPS) is 16.2. The third-order valence-electron chi connectivity index (χ3n) is 5.51. The number of benzene rings is 2. The van der Waals surface area contributed by atoms with Crippen LogP contribution >= 0.6 is 11.6 Å². The monoisotopic (exact) mass is 440 g/mol. The Morgan fingerprint density at radius 2 is 1.74 bits per heavy atom. The Morgan fingerprint density at radius 1 is 1.06 bits per heavy atom. The van der Waals surface area contributed by atoms with Crippen molar-refractivity contribution in [1.82, 2.24) is 20.0 Å². The number of ether oxygens (including phenoxy) is 1. The van der Waals surface area contributed by atoms with Crippen molar-refractivity contribution < 1.29 is 13.9 Å². The molecule has 4 rings (SSSR count). The summed E-state index contributed by atoms with van der Waals surface area (Å²) in [6.07, 6.45) is 0. The van der Waals surface area contributed by atoms with Gasteiger partial charge in [0.25, 0.3) is 0 Å². The molecule has 3 aromatic rings. The number of nitrogens with zero attached hydrogens (tertiary/aromatic N) is 4. The van der Waals surface area contributed by atoms with Gasteiger partial charge in [-0.05, 0) is 36.8 Å². The van der Waals surface area contributed by atoms with Crippen LogP contribution in [0.2, 0.25) is 5.02 Å². The molecule has 0 amide bonds. The minimum Gasteiger partial charge on any atom is -0.468 e. The molecular weight excluding hydrogens is 416 g/mol. The number of aromatic nitrogens is 2. The van der Waals surface area contributed by atoms with E-state index >= 15 is 0 Å². The van der Waals surface area contributed by atoms with E-state index in [1.165, 1.54) is 12.7 Å². The lowest BCUT2D eigenvalue weighted by atomic mass is 10.0. The summed E-state index contributed by atoms with van der Waals surface area (Å²) in [5.41, 5.74) is 2.98. The summed E-state index contributed by atoms with van der Waals surface area (Å²) in [6.45, 7) is 5.63. The molecule has 1 atom stereocenters. The van der Waals surface area contributed by atoms with Crippen molar-refractivity contribution in [3.05, 3.63) is 70.6 Å². The largest absolute Gasteiger partial charge is 0.468 e. The van der Waals surface area contributed by atoms with E-state index in [4.69, 9.17) is 20.8 Å². The number of halogens is 1. The maximum Gasteiger partial charge on any atom is 0.327 e. The molecule has 0 saturated carbocycles. The summed E-state index contributed by atoms with van der Waals surface area (Å²) in [5.74, 6) is 0.851. The average molecular weight is 441 g/mol. The minimum atomic E-state index is -0.444. The number of carbonyl (C=O) groups is 1. The van der Waals surface area contributed by atoms with Crippen LogP contribution in [0.4, 0.5) is 0 Å². The van der Waals surface area contributed by atoms with Crippen LogP contribution in [0.5, 0.6) is 0 Å². The number of hydrogen-bond donors (Lipinski definition) is 0. The van der Waals surface area contributed by atoms with Crippen LogP contribution in [0.1, 0.15) is 23.1 Å².